The highest BCUT2D eigenvalue weighted by Gasteiger charge is 2.59. The predicted octanol–water partition coefficient (Wildman–Crippen LogP) is 13.2. The van der Waals surface area contributed by atoms with Crippen LogP contribution in [0.3, 0.4) is 0 Å². The molecule has 346 valence electrons. The maximum absolute atomic E-state index is 2.79. The van der Waals surface area contributed by atoms with E-state index in [1.807, 2.05) is 0 Å². The first-order valence-corrected chi connectivity index (χ1v) is 28.4. The lowest BCUT2D eigenvalue weighted by molar-refractivity contribution is 0.195. The van der Waals surface area contributed by atoms with Crippen LogP contribution in [0.25, 0.3) is 11.1 Å². The van der Waals surface area contributed by atoms with Gasteiger partial charge in [0, 0.05) is 50.9 Å². The van der Waals surface area contributed by atoms with E-state index in [4.69, 9.17) is 0 Å². The van der Waals surface area contributed by atoms with Crippen molar-refractivity contribution in [3.8, 4) is 11.1 Å². The molecule has 0 spiro atoms. The Morgan fingerprint density at radius 1 is 0.457 bits per heavy atom. The van der Waals surface area contributed by atoms with Crippen LogP contribution in [0, 0.1) is 0 Å². The summed E-state index contributed by atoms with van der Waals surface area (Å²) >= 11 is 0. The Kier molecular flexibility index (Phi) is 9.30. The summed E-state index contributed by atoms with van der Waals surface area (Å²) in [7, 11) is -2.57. The van der Waals surface area contributed by atoms with Crippen LogP contribution in [0.2, 0.25) is 6.55 Å². The molecule has 70 heavy (non-hydrogen) atoms. The van der Waals surface area contributed by atoms with Crippen molar-refractivity contribution in [1.82, 2.24) is 0 Å². The molecule has 0 saturated heterocycles. The maximum Gasteiger partial charge on any atom is 0.251 e. The van der Waals surface area contributed by atoms with E-state index in [0.717, 1.165) is 6.42 Å². The Bertz CT molecular complexity index is 3400. The van der Waals surface area contributed by atoms with Crippen molar-refractivity contribution in [2.45, 2.75) is 109 Å². The van der Waals surface area contributed by atoms with Gasteiger partial charge in [0.1, 0.15) is 8.07 Å². The van der Waals surface area contributed by atoms with Crippen LogP contribution < -0.4 is 46.6 Å². The van der Waals surface area contributed by atoms with Crippen molar-refractivity contribution >= 4 is 92.2 Å². The molecule has 8 aromatic carbocycles. The van der Waals surface area contributed by atoms with E-state index >= 15 is 0 Å². The van der Waals surface area contributed by atoms with Crippen molar-refractivity contribution in [3.05, 3.63) is 193 Å². The maximum atomic E-state index is 2.79. The summed E-state index contributed by atoms with van der Waals surface area (Å²) in [5.74, 6) is 0. The Labute approximate surface area is 417 Å². The second kappa shape index (κ2) is 15.0. The molecule has 1 saturated carbocycles. The van der Waals surface area contributed by atoms with Crippen LogP contribution >= 0.6 is 0 Å². The summed E-state index contributed by atoms with van der Waals surface area (Å²) in [6.45, 7) is 21.7. The van der Waals surface area contributed by atoms with Gasteiger partial charge < -0.3 is 14.7 Å². The van der Waals surface area contributed by atoms with Gasteiger partial charge in [0.05, 0.1) is 5.54 Å². The average Bonchev–Trinajstić information content (AvgIpc) is 3.58. The van der Waals surface area contributed by atoms with Gasteiger partial charge in [-0.2, -0.15) is 0 Å². The van der Waals surface area contributed by atoms with Gasteiger partial charge in [0.25, 0.3) is 6.71 Å². The van der Waals surface area contributed by atoms with E-state index in [2.05, 4.69) is 253 Å². The number of para-hydroxylation sites is 1. The van der Waals surface area contributed by atoms with Crippen molar-refractivity contribution in [2.24, 2.45) is 0 Å². The summed E-state index contributed by atoms with van der Waals surface area (Å²) in [4.78, 5) is 8.11. The number of nitrogens with zero attached hydrogens (tertiary/aromatic N) is 3. The number of hydrogen-bond donors (Lipinski definition) is 0. The number of rotatable bonds is 5. The molecule has 3 unspecified atom stereocenters. The fraction of sp³-hybridized carbons (Fsp3) is 0.262. The zero-order valence-electron chi connectivity index (χ0n) is 42.5. The van der Waals surface area contributed by atoms with Gasteiger partial charge in [-0.15, -0.1) is 0 Å². The lowest BCUT2D eigenvalue weighted by atomic mass is 9.33. The second-order valence-electron chi connectivity index (χ2n) is 23.8. The largest absolute Gasteiger partial charge is 0.334 e. The van der Waals surface area contributed by atoms with Crippen LogP contribution in [-0.2, 0) is 16.2 Å². The highest BCUT2D eigenvalue weighted by Crippen LogP contribution is 2.61. The standard InChI is InChI=1S/C65H64BN3Si/c1-62(2,3)45-31-27-43(28-32-45)44-29-35-47(36-30-44)67-53-23-17-25-57-60(53)66-59-55(67)41-49(69-52-22-14-13-21-51(52)64(7)39-15-16-40-65(64,69)8)42-56(59)68(48-37-33-46(34-38-48)63(4,5)6)54-24-18-26-58(61(54)66)70(57,9)50-19-11-10-12-20-50/h10-14,17-38,41-42H,15-16,39-40H2,1-9H3. The summed E-state index contributed by atoms with van der Waals surface area (Å²) in [5, 5.41) is 4.50. The Morgan fingerprint density at radius 2 is 0.929 bits per heavy atom. The minimum absolute atomic E-state index is 0.0248. The molecule has 8 aromatic rings. The molecular formula is C65H64BN3Si. The lowest BCUT2D eigenvalue weighted by Gasteiger charge is -2.52. The zero-order chi connectivity index (χ0) is 48.1. The Morgan fingerprint density at radius 3 is 1.49 bits per heavy atom. The van der Waals surface area contributed by atoms with Gasteiger partial charge in [0.2, 0.25) is 0 Å². The van der Waals surface area contributed by atoms with Gasteiger partial charge in [-0.1, -0.05) is 200 Å². The van der Waals surface area contributed by atoms with Gasteiger partial charge in [-0.05, 0) is 135 Å². The molecule has 5 heteroatoms. The molecule has 1 fully saturated rings. The molecule has 0 N–H and O–H groups in total. The third kappa shape index (κ3) is 5.94. The third-order valence-electron chi connectivity index (χ3n) is 18.0. The molecule has 4 aliphatic heterocycles. The van der Waals surface area contributed by atoms with E-state index < -0.39 is 8.07 Å². The van der Waals surface area contributed by atoms with E-state index in [-0.39, 0.29) is 28.5 Å². The molecule has 4 heterocycles. The van der Waals surface area contributed by atoms with Crippen molar-refractivity contribution in [2.75, 3.05) is 14.7 Å². The van der Waals surface area contributed by atoms with E-state index in [1.165, 1.54) is 125 Å². The van der Waals surface area contributed by atoms with Crippen LogP contribution in [0.15, 0.2) is 176 Å². The normalized spacial score (nSPS) is 21.6. The molecule has 0 amide bonds. The predicted molar refractivity (Wildman–Crippen MR) is 303 cm³/mol. The zero-order valence-corrected chi connectivity index (χ0v) is 43.5. The van der Waals surface area contributed by atoms with Gasteiger partial charge in [0.15, 0.2) is 0 Å². The van der Waals surface area contributed by atoms with E-state index in [1.54, 1.807) is 0 Å². The highest BCUT2D eigenvalue weighted by molar-refractivity contribution is 7.21. The van der Waals surface area contributed by atoms with E-state index in [0.29, 0.717) is 0 Å². The van der Waals surface area contributed by atoms with Crippen LogP contribution in [0.1, 0.15) is 97.8 Å². The number of benzene rings is 8. The molecule has 0 bridgehead atoms. The van der Waals surface area contributed by atoms with Crippen LogP contribution in [-0.4, -0.2) is 20.3 Å². The molecule has 3 nitrogen and oxygen atoms in total. The lowest BCUT2D eigenvalue weighted by Crippen LogP contribution is -2.83. The van der Waals surface area contributed by atoms with Gasteiger partial charge in [-0.25, -0.2) is 0 Å². The van der Waals surface area contributed by atoms with Crippen LogP contribution in [0.4, 0.5) is 45.5 Å². The number of fused-ring (bicyclic) bond motifs is 3. The highest BCUT2D eigenvalue weighted by atomic mass is 28.3. The second-order valence-corrected chi connectivity index (χ2v) is 27.7. The van der Waals surface area contributed by atoms with Crippen molar-refractivity contribution in [3.63, 3.8) is 0 Å². The first-order chi connectivity index (χ1) is 33.6. The minimum Gasteiger partial charge on any atom is -0.334 e. The van der Waals surface area contributed by atoms with E-state index in [9.17, 15) is 0 Å². The molecule has 0 aromatic heterocycles. The Hall–Kier alpha value is -6.56. The fourth-order valence-corrected chi connectivity index (χ4v) is 18.3. The van der Waals surface area contributed by atoms with Crippen molar-refractivity contribution < 1.29 is 0 Å². The molecule has 0 radical (unpaired) electrons. The van der Waals surface area contributed by atoms with Gasteiger partial charge in [-0.3, -0.25) is 0 Å². The first kappa shape index (κ1) is 43.5. The number of hydrogen-bond acceptors (Lipinski definition) is 3. The van der Waals surface area contributed by atoms with Crippen molar-refractivity contribution in [1.29, 1.82) is 0 Å². The minimum atomic E-state index is -2.57. The monoisotopic (exact) mass is 925 g/mol. The summed E-state index contributed by atoms with van der Waals surface area (Å²) < 4.78 is 0. The fourth-order valence-electron chi connectivity index (χ4n) is 14.0. The molecule has 3 atom stereocenters. The molecule has 1 aliphatic carbocycles. The molecule has 13 rings (SSSR count). The molecule has 5 aliphatic rings. The number of anilines is 8. The summed E-state index contributed by atoms with van der Waals surface area (Å²) in [5.41, 5.74) is 21.3. The van der Waals surface area contributed by atoms with Gasteiger partial charge >= 0.3 is 0 Å². The Balaban J connectivity index is 1.11. The average molecular weight is 926 g/mol. The summed E-state index contributed by atoms with van der Waals surface area (Å²) in [6.07, 6.45) is 4.83. The molecular weight excluding hydrogens is 862 g/mol. The SMILES string of the molecule is CC(C)(C)c1ccc(-c2ccc(N3c4cc(N5c6ccccc6C6(C)CCCCC56C)cc5c4B4c6c3cccc6[Si](C)(c3ccccc3)c3cccc(c34)N5c3ccc(C(C)(C)C)cc3)cc2)cc1. The topological polar surface area (TPSA) is 9.72 Å². The first-order valence-electron chi connectivity index (χ1n) is 25.9. The smallest absolute Gasteiger partial charge is 0.251 e. The quantitative estimate of drug-likeness (QED) is 0.159. The van der Waals surface area contributed by atoms with Crippen LogP contribution in [0.5, 0.6) is 0 Å². The third-order valence-corrected chi connectivity index (χ3v) is 22.5. The summed E-state index contributed by atoms with van der Waals surface area (Å²) in [6, 6.07) is 68.9.